The van der Waals surface area contributed by atoms with Crippen LogP contribution in [0, 0.1) is 18.3 Å². The lowest BCUT2D eigenvalue weighted by Crippen LogP contribution is -2.35. The fraction of sp³-hybridized carbons (Fsp3) is 0.286. The fourth-order valence-electron chi connectivity index (χ4n) is 2.18. The fourth-order valence-corrected chi connectivity index (χ4v) is 2.18. The Bertz CT molecular complexity index is 504. The molecule has 1 N–H and O–H groups in total. The second-order valence-corrected chi connectivity index (χ2v) is 4.27. The van der Waals surface area contributed by atoms with Gasteiger partial charge < -0.3 is 10.0 Å². The van der Waals surface area contributed by atoms with Crippen LogP contribution in [0.5, 0.6) is 0 Å². The summed E-state index contributed by atoms with van der Waals surface area (Å²) in [7, 11) is 0. The van der Waals surface area contributed by atoms with Crippen LogP contribution in [0.1, 0.15) is 18.0 Å². The molecule has 0 saturated carbocycles. The maximum atomic E-state index is 11.8. The molecule has 18 heavy (non-hydrogen) atoms. The normalized spacial score (nSPS) is 20.5. The van der Waals surface area contributed by atoms with Crippen molar-refractivity contribution < 1.29 is 14.7 Å². The molecule has 2 rings (SSSR count). The average Bonchev–Trinajstić information content (AvgIpc) is 2.72. The summed E-state index contributed by atoms with van der Waals surface area (Å²) in [6.07, 6.45) is 5.53. The molecule has 1 fully saturated rings. The van der Waals surface area contributed by atoms with Crippen molar-refractivity contribution in [3.05, 3.63) is 35.9 Å². The maximum Gasteiger partial charge on any atom is 0.331 e. The minimum absolute atomic E-state index is 0.192. The first kappa shape index (κ1) is 12.2. The maximum absolute atomic E-state index is 11.8. The Balaban J connectivity index is 2.31. The molecule has 1 amide bonds. The third kappa shape index (κ3) is 2.21. The topological polar surface area (TPSA) is 57.6 Å². The summed E-state index contributed by atoms with van der Waals surface area (Å²) < 4.78 is 0. The van der Waals surface area contributed by atoms with E-state index in [1.165, 1.54) is 4.90 Å². The molecule has 1 aromatic carbocycles. The van der Waals surface area contributed by atoms with E-state index in [4.69, 9.17) is 6.42 Å². The van der Waals surface area contributed by atoms with E-state index in [-0.39, 0.29) is 18.2 Å². The molecule has 92 valence electrons. The van der Waals surface area contributed by atoms with Crippen LogP contribution in [0.3, 0.4) is 0 Å². The molecule has 0 aromatic heterocycles. The van der Waals surface area contributed by atoms with Crippen molar-refractivity contribution in [2.45, 2.75) is 12.5 Å². The van der Waals surface area contributed by atoms with Gasteiger partial charge in [-0.25, -0.2) is 4.79 Å². The number of benzene rings is 1. The van der Waals surface area contributed by atoms with Gasteiger partial charge in [-0.1, -0.05) is 30.3 Å². The Morgan fingerprint density at radius 1 is 1.44 bits per heavy atom. The molecule has 0 spiro atoms. The van der Waals surface area contributed by atoms with Gasteiger partial charge in [-0.2, -0.15) is 0 Å². The third-order valence-electron chi connectivity index (χ3n) is 3.06. The highest BCUT2D eigenvalue weighted by Crippen LogP contribution is 2.28. The largest absolute Gasteiger partial charge is 0.479 e. The second kappa shape index (κ2) is 4.92. The second-order valence-electron chi connectivity index (χ2n) is 4.27. The van der Waals surface area contributed by atoms with Crippen LogP contribution in [0.2, 0.25) is 0 Å². The van der Waals surface area contributed by atoms with Crippen molar-refractivity contribution in [2.75, 3.05) is 6.54 Å². The number of terminal acetylenes is 1. The molecule has 1 saturated heterocycles. The van der Waals surface area contributed by atoms with E-state index in [0.29, 0.717) is 12.1 Å². The predicted octanol–water partition coefficient (Wildman–Crippen LogP) is 1.29. The number of aliphatic carboxylic acids is 1. The number of hydrogen-bond donors (Lipinski definition) is 1. The highest BCUT2D eigenvalue weighted by atomic mass is 16.4. The van der Waals surface area contributed by atoms with Gasteiger partial charge in [-0.15, -0.1) is 12.3 Å². The molecule has 0 bridgehead atoms. The van der Waals surface area contributed by atoms with Gasteiger partial charge in [0.1, 0.15) is 0 Å². The van der Waals surface area contributed by atoms with Crippen molar-refractivity contribution in [2.24, 2.45) is 5.92 Å². The molecule has 4 heteroatoms. The average molecular weight is 243 g/mol. The Morgan fingerprint density at radius 2 is 2.11 bits per heavy atom. The number of hydrogen-bond acceptors (Lipinski definition) is 2. The Hall–Kier alpha value is -2.28. The summed E-state index contributed by atoms with van der Waals surface area (Å²) >= 11 is 0. The standard InChI is InChI=1S/C14H13NO3/c1-2-10-8-12(16)15(9-10)13(14(17)18)11-6-4-3-5-7-11/h1,3-7,10,13H,8-9H2,(H,17,18). The van der Waals surface area contributed by atoms with E-state index in [0.717, 1.165) is 0 Å². The molecule has 2 atom stereocenters. The lowest BCUT2D eigenvalue weighted by molar-refractivity contribution is -0.148. The van der Waals surface area contributed by atoms with Crippen LogP contribution in [-0.2, 0) is 9.59 Å². The smallest absolute Gasteiger partial charge is 0.331 e. The Labute approximate surface area is 105 Å². The van der Waals surface area contributed by atoms with Gasteiger partial charge in [-0.3, -0.25) is 4.79 Å². The zero-order chi connectivity index (χ0) is 13.1. The molecule has 1 aliphatic rings. The quantitative estimate of drug-likeness (QED) is 0.814. The summed E-state index contributed by atoms with van der Waals surface area (Å²) in [6, 6.07) is 7.77. The van der Waals surface area contributed by atoms with Gasteiger partial charge in [0.15, 0.2) is 6.04 Å². The van der Waals surface area contributed by atoms with Gasteiger partial charge in [0.2, 0.25) is 5.91 Å². The summed E-state index contributed by atoms with van der Waals surface area (Å²) in [5, 5.41) is 9.32. The molecule has 1 aromatic rings. The number of carboxylic acids is 1. The number of rotatable bonds is 3. The highest BCUT2D eigenvalue weighted by molar-refractivity contribution is 5.86. The van der Waals surface area contributed by atoms with Crippen LogP contribution in [0.15, 0.2) is 30.3 Å². The predicted molar refractivity (Wildman–Crippen MR) is 65.5 cm³/mol. The van der Waals surface area contributed by atoms with Gasteiger partial charge >= 0.3 is 5.97 Å². The number of likely N-dealkylation sites (tertiary alicyclic amines) is 1. The van der Waals surface area contributed by atoms with Crippen LogP contribution < -0.4 is 0 Å². The molecule has 1 heterocycles. The monoisotopic (exact) mass is 243 g/mol. The summed E-state index contributed by atoms with van der Waals surface area (Å²) in [6.45, 7) is 0.307. The van der Waals surface area contributed by atoms with Crippen LogP contribution >= 0.6 is 0 Å². The molecule has 1 aliphatic heterocycles. The summed E-state index contributed by atoms with van der Waals surface area (Å²) in [4.78, 5) is 24.6. The van der Waals surface area contributed by atoms with Crippen LogP contribution in [0.25, 0.3) is 0 Å². The lowest BCUT2D eigenvalue weighted by atomic mass is 10.1. The van der Waals surface area contributed by atoms with E-state index >= 15 is 0 Å². The summed E-state index contributed by atoms with van der Waals surface area (Å²) in [5.74, 6) is 1.09. The minimum atomic E-state index is -1.03. The molecular formula is C14H13NO3. The zero-order valence-corrected chi connectivity index (χ0v) is 9.74. The lowest BCUT2D eigenvalue weighted by Gasteiger charge is -2.24. The molecule has 2 unspecified atom stereocenters. The Morgan fingerprint density at radius 3 is 2.61 bits per heavy atom. The third-order valence-corrected chi connectivity index (χ3v) is 3.06. The summed E-state index contributed by atoms with van der Waals surface area (Å²) in [5.41, 5.74) is 0.594. The van der Waals surface area contributed by atoms with Gasteiger partial charge in [0.05, 0.1) is 0 Å². The number of carbonyl (C=O) groups is 2. The van der Waals surface area contributed by atoms with Gasteiger partial charge in [-0.05, 0) is 5.56 Å². The van der Waals surface area contributed by atoms with E-state index in [9.17, 15) is 14.7 Å². The van der Waals surface area contributed by atoms with E-state index in [1.807, 2.05) is 0 Å². The number of carbonyl (C=O) groups excluding carboxylic acids is 1. The number of carboxylic acid groups (broad SMARTS) is 1. The van der Waals surface area contributed by atoms with Crippen LogP contribution in [-0.4, -0.2) is 28.4 Å². The first-order chi connectivity index (χ1) is 8.63. The minimum Gasteiger partial charge on any atom is -0.479 e. The highest BCUT2D eigenvalue weighted by Gasteiger charge is 2.37. The SMILES string of the molecule is C#CC1CC(=O)N(C(C(=O)O)c2ccccc2)C1. The first-order valence-corrected chi connectivity index (χ1v) is 5.67. The van der Waals surface area contributed by atoms with E-state index < -0.39 is 12.0 Å². The van der Waals surface area contributed by atoms with Gasteiger partial charge in [0, 0.05) is 18.9 Å². The molecular weight excluding hydrogens is 230 g/mol. The molecule has 0 aliphatic carbocycles. The first-order valence-electron chi connectivity index (χ1n) is 5.67. The van der Waals surface area contributed by atoms with Crippen molar-refractivity contribution in [3.63, 3.8) is 0 Å². The van der Waals surface area contributed by atoms with E-state index in [2.05, 4.69) is 5.92 Å². The number of nitrogens with zero attached hydrogens (tertiary/aromatic N) is 1. The number of amides is 1. The molecule has 4 nitrogen and oxygen atoms in total. The Kier molecular flexibility index (Phi) is 3.33. The van der Waals surface area contributed by atoms with Gasteiger partial charge in [0.25, 0.3) is 0 Å². The van der Waals surface area contributed by atoms with Crippen molar-refractivity contribution in [1.29, 1.82) is 0 Å². The van der Waals surface area contributed by atoms with E-state index in [1.54, 1.807) is 30.3 Å². The van der Waals surface area contributed by atoms with Crippen molar-refractivity contribution >= 4 is 11.9 Å². The molecule has 0 radical (unpaired) electrons. The van der Waals surface area contributed by atoms with Crippen molar-refractivity contribution in [1.82, 2.24) is 4.90 Å². The van der Waals surface area contributed by atoms with Crippen molar-refractivity contribution in [3.8, 4) is 12.3 Å². The zero-order valence-electron chi connectivity index (χ0n) is 9.74. The van der Waals surface area contributed by atoms with Crippen LogP contribution in [0.4, 0.5) is 0 Å².